The van der Waals surface area contributed by atoms with Crippen LogP contribution in [0.4, 0.5) is 0 Å². The van der Waals surface area contributed by atoms with E-state index >= 15 is 0 Å². The number of carbonyl (C=O) groups is 2. The minimum Gasteiger partial charge on any atom is -0.481 e. The van der Waals surface area contributed by atoms with Crippen LogP contribution in [0.15, 0.2) is 35.9 Å². The van der Waals surface area contributed by atoms with E-state index in [4.69, 9.17) is 9.84 Å². The van der Waals surface area contributed by atoms with Crippen LogP contribution < -0.4 is 0 Å². The first kappa shape index (κ1) is 14.0. The zero-order chi connectivity index (χ0) is 13.4. The van der Waals surface area contributed by atoms with Crippen molar-refractivity contribution in [3.8, 4) is 0 Å². The lowest BCUT2D eigenvalue weighted by atomic mass is 10.1. The maximum atomic E-state index is 11.7. The minimum atomic E-state index is -1.05. The molecule has 0 aromatic heterocycles. The smallest absolute Gasteiger partial charge is 0.334 e. The van der Waals surface area contributed by atoms with Crippen molar-refractivity contribution in [1.82, 2.24) is 0 Å². The van der Waals surface area contributed by atoms with Crippen molar-refractivity contribution >= 4 is 18.0 Å². The first-order chi connectivity index (χ1) is 8.63. The molecule has 1 aromatic rings. The Bertz CT molecular complexity index is 434. The minimum absolute atomic E-state index is 0.155. The summed E-state index contributed by atoms with van der Waals surface area (Å²) in [6, 6.07) is 9.09. The molecular weight excluding hydrogens is 232 g/mol. The summed E-state index contributed by atoms with van der Waals surface area (Å²) in [4.78, 5) is 22.4. The molecule has 0 saturated heterocycles. The lowest BCUT2D eigenvalue weighted by Crippen LogP contribution is -2.12. The van der Waals surface area contributed by atoms with E-state index in [9.17, 15) is 9.59 Å². The molecule has 0 bridgehead atoms. The van der Waals surface area contributed by atoms with E-state index in [0.717, 1.165) is 5.56 Å². The molecule has 96 valence electrons. The number of ether oxygens (including phenoxy) is 1. The number of esters is 1. The van der Waals surface area contributed by atoms with E-state index in [-0.39, 0.29) is 12.0 Å². The third-order valence-electron chi connectivity index (χ3n) is 2.18. The molecule has 0 radical (unpaired) electrons. The summed E-state index contributed by atoms with van der Waals surface area (Å²) >= 11 is 0. The van der Waals surface area contributed by atoms with Gasteiger partial charge in [-0.1, -0.05) is 37.3 Å². The second-order valence-corrected chi connectivity index (χ2v) is 3.79. The van der Waals surface area contributed by atoms with Crippen LogP contribution >= 0.6 is 0 Å². The maximum Gasteiger partial charge on any atom is 0.334 e. The van der Waals surface area contributed by atoms with Gasteiger partial charge in [0.25, 0.3) is 0 Å². The highest BCUT2D eigenvalue weighted by atomic mass is 16.5. The highest BCUT2D eigenvalue weighted by Crippen LogP contribution is 2.12. The molecule has 0 fully saturated rings. The van der Waals surface area contributed by atoms with E-state index in [1.807, 2.05) is 25.1 Å². The lowest BCUT2D eigenvalue weighted by molar-refractivity contribution is -0.142. The van der Waals surface area contributed by atoms with E-state index in [0.29, 0.717) is 13.0 Å². The van der Waals surface area contributed by atoms with Crippen molar-refractivity contribution < 1.29 is 19.4 Å². The van der Waals surface area contributed by atoms with Crippen LogP contribution in [0.1, 0.15) is 25.3 Å². The average molecular weight is 248 g/mol. The normalized spacial score (nSPS) is 11.1. The quantitative estimate of drug-likeness (QED) is 0.620. The Labute approximate surface area is 106 Å². The number of rotatable bonds is 6. The van der Waals surface area contributed by atoms with Gasteiger partial charge in [-0.15, -0.1) is 0 Å². The number of aliphatic carboxylic acids is 1. The highest BCUT2D eigenvalue weighted by molar-refractivity contribution is 5.97. The molecule has 18 heavy (non-hydrogen) atoms. The molecule has 1 N–H and O–H groups in total. The van der Waals surface area contributed by atoms with Gasteiger partial charge in [-0.25, -0.2) is 4.79 Å². The van der Waals surface area contributed by atoms with Crippen molar-refractivity contribution in [2.45, 2.75) is 19.8 Å². The van der Waals surface area contributed by atoms with Crippen LogP contribution in [0.5, 0.6) is 0 Å². The highest BCUT2D eigenvalue weighted by Gasteiger charge is 2.14. The Morgan fingerprint density at radius 2 is 1.94 bits per heavy atom. The van der Waals surface area contributed by atoms with Crippen molar-refractivity contribution in [3.63, 3.8) is 0 Å². The largest absolute Gasteiger partial charge is 0.481 e. The maximum absolute atomic E-state index is 11.7. The molecule has 1 aromatic carbocycles. The monoisotopic (exact) mass is 248 g/mol. The third-order valence-corrected chi connectivity index (χ3v) is 2.18. The molecule has 0 heterocycles. The number of carboxylic acids is 1. The summed E-state index contributed by atoms with van der Waals surface area (Å²) in [6.45, 7) is 2.18. The van der Waals surface area contributed by atoms with Gasteiger partial charge in [0.1, 0.15) is 0 Å². The van der Waals surface area contributed by atoms with Crippen LogP contribution in [0, 0.1) is 0 Å². The van der Waals surface area contributed by atoms with Gasteiger partial charge in [-0.3, -0.25) is 4.79 Å². The van der Waals surface area contributed by atoms with Crippen molar-refractivity contribution in [1.29, 1.82) is 0 Å². The van der Waals surface area contributed by atoms with E-state index in [2.05, 4.69) is 0 Å². The van der Waals surface area contributed by atoms with Crippen LogP contribution in [-0.4, -0.2) is 23.7 Å². The van der Waals surface area contributed by atoms with Gasteiger partial charge in [-0.05, 0) is 18.1 Å². The molecule has 0 saturated carbocycles. The lowest BCUT2D eigenvalue weighted by Gasteiger charge is -2.05. The number of carbonyl (C=O) groups excluding carboxylic acids is 1. The zero-order valence-corrected chi connectivity index (χ0v) is 10.3. The van der Waals surface area contributed by atoms with Crippen molar-refractivity contribution in [2.75, 3.05) is 6.61 Å². The van der Waals surface area contributed by atoms with Crippen LogP contribution in [0.25, 0.3) is 6.08 Å². The summed E-state index contributed by atoms with van der Waals surface area (Å²) in [5.74, 6) is -1.62. The molecule has 4 heteroatoms. The number of hydrogen-bond acceptors (Lipinski definition) is 3. The number of benzene rings is 1. The standard InChI is InChI=1S/C14H16O4/c1-2-8-18-14(17)12(10-13(15)16)9-11-6-4-3-5-7-11/h3-7,9H,2,8,10H2,1H3,(H,15,16)/b12-9+. The molecule has 0 amide bonds. The fourth-order valence-electron chi connectivity index (χ4n) is 1.38. The summed E-state index contributed by atoms with van der Waals surface area (Å²) in [6.07, 6.45) is 1.92. The average Bonchev–Trinajstić information content (AvgIpc) is 2.36. The SMILES string of the molecule is CCCOC(=O)/C(=C/c1ccccc1)CC(=O)O. The van der Waals surface area contributed by atoms with Crippen LogP contribution in [0.2, 0.25) is 0 Å². The fourth-order valence-corrected chi connectivity index (χ4v) is 1.38. The van der Waals surface area contributed by atoms with Gasteiger partial charge in [0.05, 0.1) is 13.0 Å². The summed E-state index contributed by atoms with van der Waals surface area (Å²) in [5, 5.41) is 8.79. The fraction of sp³-hybridized carbons (Fsp3) is 0.286. The summed E-state index contributed by atoms with van der Waals surface area (Å²) in [5.41, 5.74) is 0.935. The van der Waals surface area contributed by atoms with Gasteiger partial charge < -0.3 is 9.84 Å². The summed E-state index contributed by atoms with van der Waals surface area (Å²) in [7, 11) is 0. The van der Waals surface area contributed by atoms with Gasteiger partial charge in [0.2, 0.25) is 0 Å². The molecule has 0 aliphatic rings. The molecule has 0 aliphatic heterocycles. The molecule has 4 nitrogen and oxygen atoms in total. The number of hydrogen-bond donors (Lipinski definition) is 1. The zero-order valence-electron chi connectivity index (χ0n) is 10.3. The van der Waals surface area contributed by atoms with Crippen molar-refractivity contribution in [3.05, 3.63) is 41.5 Å². The van der Waals surface area contributed by atoms with E-state index in [1.54, 1.807) is 18.2 Å². The van der Waals surface area contributed by atoms with Crippen LogP contribution in [-0.2, 0) is 14.3 Å². The number of carboxylic acid groups (broad SMARTS) is 1. The van der Waals surface area contributed by atoms with E-state index in [1.165, 1.54) is 0 Å². The van der Waals surface area contributed by atoms with Crippen molar-refractivity contribution in [2.24, 2.45) is 0 Å². The molecule has 0 aliphatic carbocycles. The van der Waals surface area contributed by atoms with Crippen LogP contribution in [0.3, 0.4) is 0 Å². The molecule has 0 unspecified atom stereocenters. The van der Waals surface area contributed by atoms with Gasteiger partial charge in [0.15, 0.2) is 0 Å². The van der Waals surface area contributed by atoms with E-state index < -0.39 is 11.9 Å². The second kappa shape index (κ2) is 7.27. The Kier molecular flexibility index (Phi) is 5.64. The molecule has 1 rings (SSSR count). The second-order valence-electron chi connectivity index (χ2n) is 3.79. The molecule has 0 atom stereocenters. The Morgan fingerprint density at radius 3 is 2.50 bits per heavy atom. The first-order valence-corrected chi connectivity index (χ1v) is 5.78. The van der Waals surface area contributed by atoms with Gasteiger partial charge in [0, 0.05) is 5.57 Å². The van der Waals surface area contributed by atoms with Gasteiger partial charge in [-0.2, -0.15) is 0 Å². The Morgan fingerprint density at radius 1 is 1.28 bits per heavy atom. The first-order valence-electron chi connectivity index (χ1n) is 5.78. The Hall–Kier alpha value is -2.10. The predicted molar refractivity (Wildman–Crippen MR) is 67.9 cm³/mol. The molecule has 0 spiro atoms. The summed E-state index contributed by atoms with van der Waals surface area (Å²) < 4.78 is 4.96. The predicted octanol–water partition coefficient (Wildman–Crippen LogP) is 2.50. The van der Waals surface area contributed by atoms with Gasteiger partial charge >= 0.3 is 11.9 Å². The topological polar surface area (TPSA) is 63.6 Å². The Balaban J connectivity index is 2.87. The third kappa shape index (κ3) is 4.82. The molecular formula is C14H16O4.